The topological polar surface area (TPSA) is 169 Å². The SMILES string of the molecule is CCn1ncnc1CN1CCC2(CC1)Oc1ccc(cc1)OCCNC(=O)[C@H](C)NC(=O)[C@H](Cc1ccccc1)NC(=O)[C@H](C)NC2=O. The van der Waals surface area contributed by atoms with Crippen molar-refractivity contribution in [1.29, 1.82) is 0 Å². The molecule has 1 fully saturated rings. The molecule has 4 amide bonds. The van der Waals surface area contributed by atoms with E-state index in [1.54, 1.807) is 44.4 Å². The maximum absolute atomic E-state index is 14.1. The van der Waals surface area contributed by atoms with E-state index in [9.17, 15) is 19.2 Å². The van der Waals surface area contributed by atoms with Crippen molar-refractivity contribution in [2.75, 3.05) is 26.2 Å². The zero-order valence-corrected chi connectivity index (χ0v) is 27.6. The van der Waals surface area contributed by atoms with Crippen molar-refractivity contribution in [2.24, 2.45) is 0 Å². The van der Waals surface area contributed by atoms with E-state index in [0.717, 1.165) is 11.4 Å². The zero-order valence-electron chi connectivity index (χ0n) is 27.6. The lowest BCUT2D eigenvalue weighted by Gasteiger charge is -2.41. The number of amides is 4. The van der Waals surface area contributed by atoms with Crippen LogP contribution >= 0.6 is 0 Å². The van der Waals surface area contributed by atoms with Gasteiger partial charge in [0.1, 0.15) is 48.4 Å². The molecule has 3 aliphatic rings. The number of nitrogens with zero attached hydrogens (tertiary/aromatic N) is 4. The third-order valence-corrected chi connectivity index (χ3v) is 8.65. The van der Waals surface area contributed by atoms with Crippen molar-refractivity contribution >= 4 is 23.6 Å². The minimum Gasteiger partial charge on any atom is -0.492 e. The molecule has 1 spiro atoms. The molecule has 6 rings (SSSR count). The highest BCUT2D eigenvalue weighted by Gasteiger charge is 2.45. The fraction of sp³-hybridized carbons (Fsp3) is 0.471. The summed E-state index contributed by atoms with van der Waals surface area (Å²) >= 11 is 0. The molecular weight excluding hydrogens is 616 g/mol. The van der Waals surface area contributed by atoms with E-state index in [1.807, 2.05) is 41.9 Å². The summed E-state index contributed by atoms with van der Waals surface area (Å²) in [5, 5.41) is 15.4. The highest BCUT2D eigenvalue weighted by Crippen LogP contribution is 2.31. The van der Waals surface area contributed by atoms with Gasteiger partial charge in [-0.1, -0.05) is 30.3 Å². The molecule has 3 aliphatic heterocycles. The van der Waals surface area contributed by atoms with Gasteiger partial charge in [0.05, 0.1) is 13.1 Å². The fourth-order valence-electron chi connectivity index (χ4n) is 5.78. The van der Waals surface area contributed by atoms with Crippen LogP contribution in [-0.4, -0.2) is 93.3 Å². The molecule has 0 unspecified atom stereocenters. The van der Waals surface area contributed by atoms with Crippen LogP contribution in [0.4, 0.5) is 0 Å². The Balaban J connectivity index is 1.37. The largest absolute Gasteiger partial charge is 0.492 e. The Bertz CT molecular complexity index is 1560. The number of piperidine rings is 1. The van der Waals surface area contributed by atoms with Gasteiger partial charge < -0.3 is 30.7 Å². The molecule has 256 valence electrons. The molecule has 4 heterocycles. The van der Waals surface area contributed by atoms with Gasteiger partial charge >= 0.3 is 0 Å². The molecule has 2 aromatic carbocycles. The summed E-state index contributed by atoms with van der Waals surface area (Å²) < 4.78 is 14.1. The summed E-state index contributed by atoms with van der Waals surface area (Å²) in [6.45, 7) is 7.96. The maximum atomic E-state index is 14.1. The van der Waals surface area contributed by atoms with Crippen molar-refractivity contribution < 1.29 is 28.7 Å². The molecule has 14 nitrogen and oxygen atoms in total. The van der Waals surface area contributed by atoms with Gasteiger partial charge in [0.2, 0.25) is 17.7 Å². The Kier molecular flexibility index (Phi) is 11.3. The van der Waals surface area contributed by atoms with E-state index < -0.39 is 41.4 Å². The molecule has 4 N–H and O–H groups in total. The second kappa shape index (κ2) is 15.7. The Hall–Kier alpha value is -4.98. The summed E-state index contributed by atoms with van der Waals surface area (Å²) in [7, 11) is 0. The van der Waals surface area contributed by atoms with Gasteiger partial charge in [0.15, 0.2) is 5.60 Å². The summed E-state index contributed by atoms with van der Waals surface area (Å²) in [6, 6.07) is 13.3. The number of aryl methyl sites for hydroxylation is 1. The number of carbonyl (C=O) groups is 4. The number of nitrogens with one attached hydrogen (secondary N) is 4. The lowest BCUT2D eigenvalue weighted by atomic mass is 9.89. The van der Waals surface area contributed by atoms with E-state index in [0.29, 0.717) is 50.5 Å². The number of fused-ring (bicyclic) bond motifs is 15. The number of aromatic nitrogens is 3. The smallest absolute Gasteiger partial charge is 0.264 e. The standard InChI is InChI=1S/C34H44N8O6/c1-4-42-29(36-22-37-42)21-41-17-14-34(15-18-41)33(46)39-24(3)31(44)40-28(20-25-8-6-5-7-9-25)32(45)38-23(2)30(43)35-16-19-47-26-10-12-27(48-34)13-11-26/h5-13,22-24,28H,4,14-21H2,1-3H3,(H,35,43)(H,38,45)(H,39,46)(H,40,44)/t23-,24-,28-/m0/s1. The van der Waals surface area contributed by atoms with Crippen LogP contribution in [0.25, 0.3) is 0 Å². The lowest BCUT2D eigenvalue weighted by molar-refractivity contribution is -0.144. The highest BCUT2D eigenvalue weighted by atomic mass is 16.5. The number of ether oxygens (including phenoxy) is 2. The van der Waals surface area contributed by atoms with Crippen LogP contribution < -0.4 is 30.7 Å². The van der Waals surface area contributed by atoms with Crippen LogP contribution in [0, 0.1) is 0 Å². The molecule has 1 aromatic heterocycles. The summed E-state index contributed by atoms with van der Waals surface area (Å²) in [5.74, 6) is 0.00643. The fourth-order valence-corrected chi connectivity index (χ4v) is 5.78. The van der Waals surface area contributed by atoms with Crippen LogP contribution in [0.2, 0.25) is 0 Å². The van der Waals surface area contributed by atoms with Gasteiger partial charge in [-0.2, -0.15) is 5.10 Å². The number of hydrogen-bond acceptors (Lipinski definition) is 9. The normalized spacial score (nSPS) is 22.9. The quantitative estimate of drug-likeness (QED) is 0.291. The third kappa shape index (κ3) is 8.68. The molecule has 2 bridgehead atoms. The predicted molar refractivity (Wildman–Crippen MR) is 176 cm³/mol. The number of benzene rings is 2. The van der Waals surface area contributed by atoms with Gasteiger partial charge in [-0.15, -0.1) is 0 Å². The molecule has 0 aliphatic carbocycles. The van der Waals surface area contributed by atoms with E-state index in [4.69, 9.17) is 9.47 Å². The van der Waals surface area contributed by atoms with Crippen molar-refractivity contribution in [3.8, 4) is 11.5 Å². The first-order valence-electron chi connectivity index (χ1n) is 16.4. The molecular formula is C34H44N8O6. The van der Waals surface area contributed by atoms with Gasteiger partial charge in [-0.25, -0.2) is 9.67 Å². The number of likely N-dealkylation sites (tertiary alicyclic amines) is 1. The summed E-state index contributed by atoms with van der Waals surface area (Å²) in [6.07, 6.45) is 2.45. The van der Waals surface area contributed by atoms with Crippen molar-refractivity contribution in [2.45, 2.75) is 76.8 Å². The second-order valence-corrected chi connectivity index (χ2v) is 12.2. The second-order valence-electron chi connectivity index (χ2n) is 12.2. The number of hydrogen-bond donors (Lipinski definition) is 4. The predicted octanol–water partition coefficient (Wildman–Crippen LogP) is 0.957. The molecule has 1 saturated heterocycles. The number of carbonyl (C=O) groups excluding carboxylic acids is 4. The molecule has 48 heavy (non-hydrogen) atoms. The lowest BCUT2D eigenvalue weighted by Crippen LogP contribution is -2.61. The van der Waals surface area contributed by atoms with E-state index in [1.165, 1.54) is 0 Å². The molecule has 3 atom stereocenters. The Morgan fingerprint density at radius 2 is 1.54 bits per heavy atom. The van der Waals surface area contributed by atoms with E-state index >= 15 is 0 Å². The van der Waals surface area contributed by atoms with Crippen molar-refractivity contribution in [3.63, 3.8) is 0 Å². The summed E-state index contributed by atoms with van der Waals surface area (Å²) in [5.41, 5.74) is -0.437. The first kappa shape index (κ1) is 34.4. The van der Waals surface area contributed by atoms with Crippen LogP contribution in [0.3, 0.4) is 0 Å². The monoisotopic (exact) mass is 660 g/mol. The molecule has 0 saturated carbocycles. The van der Waals surface area contributed by atoms with Gasteiger partial charge in [-0.3, -0.25) is 24.1 Å². The average Bonchev–Trinajstić information content (AvgIpc) is 3.54. The molecule has 3 aromatic rings. The van der Waals surface area contributed by atoms with Crippen LogP contribution in [0.15, 0.2) is 60.9 Å². The van der Waals surface area contributed by atoms with E-state index in [-0.39, 0.29) is 25.5 Å². The van der Waals surface area contributed by atoms with Gasteiger partial charge in [-0.05, 0) is 50.6 Å². The Morgan fingerprint density at radius 3 is 2.25 bits per heavy atom. The minimum atomic E-state index is -1.26. The number of rotatable bonds is 5. The highest BCUT2D eigenvalue weighted by molar-refractivity contribution is 5.95. The molecule has 14 heteroatoms. The minimum absolute atomic E-state index is 0.186. The zero-order chi connectivity index (χ0) is 34.1. The maximum Gasteiger partial charge on any atom is 0.264 e. The van der Waals surface area contributed by atoms with Crippen LogP contribution in [0.5, 0.6) is 11.5 Å². The first-order chi connectivity index (χ1) is 23.2. The van der Waals surface area contributed by atoms with Crippen LogP contribution in [0.1, 0.15) is 45.0 Å². The summed E-state index contributed by atoms with van der Waals surface area (Å²) in [4.78, 5) is 60.3. The van der Waals surface area contributed by atoms with Crippen molar-refractivity contribution in [3.05, 3.63) is 72.3 Å². The Morgan fingerprint density at radius 1 is 0.854 bits per heavy atom. The first-order valence-corrected chi connectivity index (χ1v) is 16.4. The molecule has 0 radical (unpaired) electrons. The van der Waals surface area contributed by atoms with Crippen molar-refractivity contribution in [1.82, 2.24) is 40.9 Å². The van der Waals surface area contributed by atoms with Crippen LogP contribution in [-0.2, 0) is 38.7 Å². The average molecular weight is 661 g/mol. The Labute approximate surface area is 279 Å². The van der Waals surface area contributed by atoms with E-state index in [2.05, 4.69) is 36.2 Å². The van der Waals surface area contributed by atoms with Gasteiger partial charge in [0, 0.05) is 38.9 Å². The third-order valence-electron chi connectivity index (χ3n) is 8.65. The van der Waals surface area contributed by atoms with Gasteiger partial charge in [0.25, 0.3) is 5.91 Å².